The standard InChI is InChI=1S/C23H26O6/c1-3-22(24)29-15-7-5-4-6-14-28-20-13-12-19(16-21(20)27-2)17-8-10-18(11-9-17)23(25)26/h3,8-13,16H,1,4-7,14-15H2,2H3,(H,25,26). The zero-order valence-electron chi connectivity index (χ0n) is 16.6. The fraction of sp³-hybridized carbons (Fsp3) is 0.304. The van der Waals surface area contributed by atoms with Crippen molar-refractivity contribution in [2.75, 3.05) is 20.3 Å². The van der Waals surface area contributed by atoms with Crippen LogP contribution in [-0.4, -0.2) is 37.4 Å². The highest BCUT2D eigenvalue weighted by atomic mass is 16.5. The smallest absolute Gasteiger partial charge is 0.335 e. The maximum Gasteiger partial charge on any atom is 0.335 e. The zero-order chi connectivity index (χ0) is 21.1. The van der Waals surface area contributed by atoms with Gasteiger partial charge >= 0.3 is 11.9 Å². The summed E-state index contributed by atoms with van der Waals surface area (Å²) in [5.74, 6) is -0.0446. The van der Waals surface area contributed by atoms with Crippen LogP contribution in [0.1, 0.15) is 36.0 Å². The van der Waals surface area contributed by atoms with Gasteiger partial charge in [0, 0.05) is 6.08 Å². The van der Waals surface area contributed by atoms with E-state index in [1.807, 2.05) is 18.2 Å². The van der Waals surface area contributed by atoms with Gasteiger partial charge in [0.1, 0.15) is 0 Å². The second-order valence-electron chi connectivity index (χ2n) is 6.38. The normalized spacial score (nSPS) is 10.2. The van der Waals surface area contributed by atoms with E-state index in [1.165, 1.54) is 0 Å². The Kier molecular flexibility index (Phi) is 8.76. The molecule has 0 atom stereocenters. The quantitative estimate of drug-likeness (QED) is 0.316. The molecular weight excluding hydrogens is 372 g/mol. The van der Waals surface area contributed by atoms with Crippen LogP contribution in [-0.2, 0) is 9.53 Å². The van der Waals surface area contributed by atoms with Gasteiger partial charge in [0.15, 0.2) is 11.5 Å². The Labute approximate surface area is 170 Å². The molecule has 0 saturated carbocycles. The number of carboxylic acids is 1. The first-order chi connectivity index (χ1) is 14.0. The third kappa shape index (κ3) is 6.99. The van der Waals surface area contributed by atoms with Crippen LogP contribution in [0.2, 0.25) is 0 Å². The van der Waals surface area contributed by atoms with Crippen molar-refractivity contribution in [2.24, 2.45) is 0 Å². The summed E-state index contributed by atoms with van der Waals surface area (Å²) in [6, 6.07) is 12.3. The number of hydrogen-bond acceptors (Lipinski definition) is 5. The summed E-state index contributed by atoms with van der Waals surface area (Å²) in [4.78, 5) is 21.9. The van der Waals surface area contributed by atoms with Gasteiger partial charge in [-0.25, -0.2) is 9.59 Å². The van der Waals surface area contributed by atoms with Crippen LogP contribution >= 0.6 is 0 Å². The average molecular weight is 398 g/mol. The molecule has 0 heterocycles. The average Bonchev–Trinajstić information content (AvgIpc) is 2.75. The zero-order valence-corrected chi connectivity index (χ0v) is 16.6. The maximum absolute atomic E-state index is 11.0. The lowest BCUT2D eigenvalue weighted by atomic mass is 10.0. The summed E-state index contributed by atoms with van der Waals surface area (Å²) in [6.45, 7) is 4.33. The van der Waals surface area contributed by atoms with Crippen LogP contribution in [0.5, 0.6) is 11.5 Å². The summed E-state index contributed by atoms with van der Waals surface area (Å²) in [5, 5.41) is 9.00. The molecule has 0 saturated heterocycles. The number of methoxy groups -OCH3 is 1. The van der Waals surface area contributed by atoms with Gasteiger partial charge in [-0.15, -0.1) is 0 Å². The van der Waals surface area contributed by atoms with E-state index in [2.05, 4.69) is 6.58 Å². The number of carbonyl (C=O) groups excluding carboxylic acids is 1. The molecule has 0 radical (unpaired) electrons. The second kappa shape index (κ2) is 11.5. The van der Waals surface area contributed by atoms with Crippen LogP contribution in [0, 0.1) is 0 Å². The molecule has 6 heteroatoms. The molecule has 0 fully saturated rings. The molecule has 0 unspecified atom stereocenters. The number of carboxylic acid groups (broad SMARTS) is 1. The van der Waals surface area contributed by atoms with Crippen molar-refractivity contribution >= 4 is 11.9 Å². The monoisotopic (exact) mass is 398 g/mol. The highest BCUT2D eigenvalue weighted by Crippen LogP contribution is 2.32. The van der Waals surface area contributed by atoms with Crippen LogP contribution in [0.4, 0.5) is 0 Å². The Morgan fingerprint density at radius 3 is 2.21 bits per heavy atom. The van der Waals surface area contributed by atoms with Gasteiger partial charge in [-0.1, -0.05) is 24.8 Å². The molecule has 2 aromatic carbocycles. The number of carbonyl (C=O) groups is 2. The predicted octanol–water partition coefficient (Wildman–Crippen LogP) is 4.73. The van der Waals surface area contributed by atoms with E-state index >= 15 is 0 Å². The molecule has 154 valence electrons. The van der Waals surface area contributed by atoms with Crippen molar-refractivity contribution in [1.82, 2.24) is 0 Å². The Morgan fingerprint density at radius 2 is 1.59 bits per heavy atom. The number of esters is 1. The number of ether oxygens (including phenoxy) is 3. The summed E-state index contributed by atoms with van der Waals surface area (Å²) < 4.78 is 16.2. The van der Waals surface area contributed by atoms with Crippen LogP contribution in [0.3, 0.4) is 0 Å². The molecule has 6 nitrogen and oxygen atoms in total. The third-order valence-electron chi connectivity index (χ3n) is 4.34. The van der Waals surface area contributed by atoms with Crippen LogP contribution < -0.4 is 9.47 Å². The molecule has 2 aromatic rings. The Balaban J connectivity index is 1.82. The molecule has 0 amide bonds. The molecule has 0 aliphatic rings. The highest BCUT2D eigenvalue weighted by Gasteiger charge is 2.08. The van der Waals surface area contributed by atoms with Gasteiger partial charge in [0.05, 0.1) is 25.9 Å². The van der Waals surface area contributed by atoms with E-state index in [0.717, 1.165) is 42.9 Å². The number of benzene rings is 2. The predicted molar refractivity (Wildman–Crippen MR) is 111 cm³/mol. The lowest BCUT2D eigenvalue weighted by Gasteiger charge is -2.12. The van der Waals surface area contributed by atoms with Crippen molar-refractivity contribution in [1.29, 1.82) is 0 Å². The first kappa shape index (κ1) is 22.0. The van der Waals surface area contributed by atoms with Crippen LogP contribution in [0.15, 0.2) is 55.1 Å². The van der Waals surface area contributed by atoms with E-state index in [4.69, 9.17) is 19.3 Å². The fourth-order valence-electron chi connectivity index (χ4n) is 2.74. The molecule has 2 rings (SSSR count). The molecular formula is C23H26O6. The minimum absolute atomic E-state index is 0.250. The van der Waals surface area contributed by atoms with E-state index in [0.29, 0.717) is 24.7 Å². The van der Waals surface area contributed by atoms with E-state index < -0.39 is 5.97 Å². The highest BCUT2D eigenvalue weighted by molar-refractivity contribution is 5.88. The first-order valence-electron chi connectivity index (χ1n) is 9.49. The molecule has 0 aromatic heterocycles. The number of rotatable bonds is 12. The van der Waals surface area contributed by atoms with Gasteiger partial charge in [-0.2, -0.15) is 0 Å². The lowest BCUT2D eigenvalue weighted by molar-refractivity contribution is -0.137. The molecule has 0 aliphatic heterocycles. The van der Waals surface area contributed by atoms with Gasteiger partial charge in [-0.3, -0.25) is 0 Å². The summed E-state index contributed by atoms with van der Waals surface area (Å²) in [5.41, 5.74) is 2.07. The number of aromatic carboxylic acids is 1. The van der Waals surface area contributed by atoms with Gasteiger partial charge < -0.3 is 19.3 Å². The van der Waals surface area contributed by atoms with Crippen molar-refractivity contribution < 1.29 is 28.9 Å². The minimum Gasteiger partial charge on any atom is -0.493 e. The molecule has 0 aliphatic carbocycles. The second-order valence-corrected chi connectivity index (χ2v) is 6.38. The molecule has 0 spiro atoms. The van der Waals surface area contributed by atoms with Crippen LogP contribution in [0.25, 0.3) is 11.1 Å². The molecule has 0 bridgehead atoms. The van der Waals surface area contributed by atoms with Crippen molar-refractivity contribution in [3.63, 3.8) is 0 Å². The maximum atomic E-state index is 11.0. The van der Waals surface area contributed by atoms with E-state index in [1.54, 1.807) is 31.4 Å². The first-order valence-corrected chi connectivity index (χ1v) is 9.49. The lowest BCUT2D eigenvalue weighted by Crippen LogP contribution is -2.02. The van der Waals surface area contributed by atoms with Crippen molar-refractivity contribution in [2.45, 2.75) is 25.7 Å². The Morgan fingerprint density at radius 1 is 0.931 bits per heavy atom. The minimum atomic E-state index is -0.948. The summed E-state index contributed by atoms with van der Waals surface area (Å²) in [6.07, 6.45) is 4.80. The van der Waals surface area contributed by atoms with Crippen molar-refractivity contribution in [3.8, 4) is 22.6 Å². The fourth-order valence-corrected chi connectivity index (χ4v) is 2.74. The van der Waals surface area contributed by atoms with Gasteiger partial charge in [0.25, 0.3) is 0 Å². The van der Waals surface area contributed by atoms with E-state index in [-0.39, 0.29) is 11.5 Å². The Hall–Kier alpha value is -3.28. The Bertz CT molecular complexity index is 826. The summed E-state index contributed by atoms with van der Waals surface area (Å²) in [7, 11) is 1.59. The largest absolute Gasteiger partial charge is 0.493 e. The van der Waals surface area contributed by atoms with Gasteiger partial charge in [-0.05, 0) is 61.1 Å². The molecule has 29 heavy (non-hydrogen) atoms. The van der Waals surface area contributed by atoms with Crippen molar-refractivity contribution in [3.05, 3.63) is 60.7 Å². The van der Waals surface area contributed by atoms with E-state index in [9.17, 15) is 9.59 Å². The van der Waals surface area contributed by atoms with Gasteiger partial charge in [0.2, 0.25) is 0 Å². The summed E-state index contributed by atoms with van der Waals surface area (Å²) >= 11 is 0. The number of unbranched alkanes of at least 4 members (excludes halogenated alkanes) is 3. The third-order valence-corrected chi connectivity index (χ3v) is 4.34. The SMILES string of the molecule is C=CC(=O)OCCCCCCOc1ccc(-c2ccc(C(=O)O)cc2)cc1OC. The number of hydrogen-bond donors (Lipinski definition) is 1. The molecule has 1 N–H and O–H groups in total. The topological polar surface area (TPSA) is 82.1 Å².